The molecule has 1 aromatic carbocycles. The van der Waals surface area contributed by atoms with Crippen molar-refractivity contribution in [3.63, 3.8) is 0 Å². The molecular weight excluding hydrogens is 176 g/mol. The van der Waals surface area contributed by atoms with Gasteiger partial charge in [0, 0.05) is 5.02 Å². The third kappa shape index (κ3) is 2.21. The van der Waals surface area contributed by atoms with Crippen molar-refractivity contribution in [2.75, 3.05) is 0 Å². The topological polar surface area (TPSA) is 40.5 Å². The van der Waals surface area contributed by atoms with Gasteiger partial charge in [0.05, 0.1) is 6.10 Å². The predicted octanol–water partition coefficient (Wildman–Crippen LogP) is 1.75. The minimum absolute atomic E-state index is 0.562. The summed E-state index contributed by atoms with van der Waals surface area (Å²) in [5.41, 5.74) is 0.637. The number of hydrogen-bond acceptors (Lipinski definition) is 2. The molecule has 1 aromatic rings. The molecule has 2 N–H and O–H groups in total. The second-order valence-corrected chi connectivity index (χ2v) is 3.18. The zero-order valence-electron chi connectivity index (χ0n) is 6.74. The number of hydrogen-bond donors (Lipinski definition) is 2. The van der Waals surface area contributed by atoms with E-state index in [9.17, 15) is 5.11 Å². The Hall–Kier alpha value is -0.570. The highest BCUT2D eigenvalue weighted by atomic mass is 35.5. The monoisotopic (exact) mass is 186 g/mol. The van der Waals surface area contributed by atoms with E-state index in [2.05, 4.69) is 0 Å². The Morgan fingerprint density at radius 3 is 2.50 bits per heavy atom. The number of halogens is 1. The molecule has 2 nitrogen and oxygen atoms in total. The number of aliphatic hydroxyl groups is 2. The van der Waals surface area contributed by atoms with Gasteiger partial charge in [-0.3, -0.25) is 0 Å². The summed E-state index contributed by atoms with van der Waals surface area (Å²) < 4.78 is 0. The van der Waals surface area contributed by atoms with Crippen molar-refractivity contribution in [1.29, 1.82) is 0 Å². The molecule has 0 amide bonds. The van der Waals surface area contributed by atoms with Crippen molar-refractivity contribution in [3.05, 3.63) is 34.9 Å². The molecule has 0 spiro atoms. The average Bonchev–Trinajstić information content (AvgIpc) is 2.03. The van der Waals surface area contributed by atoms with Crippen LogP contribution in [0.5, 0.6) is 0 Å². The maximum Gasteiger partial charge on any atom is 0.105 e. The van der Waals surface area contributed by atoms with Crippen LogP contribution in [-0.4, -0.2) is 16.3 Å². The largest absolute Gasteiger partial charge is 0.390 e. The van der Waals surface area contributed by atoms with Crippen LogP contribution in [0.4, 0.5) is 0 Å². The first-order valence-corrected chi connectivity index (χ1v) is 4.10. The minimum Gasteiger partial charge on any atom is -0.390 e. The molecule has 0 aromatic heterocycles. The molecule has 0 fully saturated rings. The molecule has 3 heteroatoms. The Morgan fingerprint density at radius 1 is 1.33 bits per heavy atom. The van der Waals surface area contributed by atoms with Crippen LogP contribution in [-0.2, 0) is 0 Å². The lowest BCUT2D eigenvalue weighted by molar-refractivity contribution is 0.0305. The van der Waals surface area contributed by atoms with E-state index in [0.717, 1.165) is 0 Å². The normalized spacial score (nSPS) is 15.7. The van der Waals surface area contributed by atoms with Crippen LogP contribution in [0.3, 0.4) is 0 Å². The van der Waals surface area contributed by atoms with Crippen molar-refractivity contribution < 1.29 is 10.2 Å². The molecule has 0 bridgehead atoms. The summed E-state index contributed by atoms with van der Waals surface area (Å²) in [4.78, 5) is 0. The summed E-state index contributed by atoms with van der Waals surface area (Å²) in [6.45, 7) is 1.53. The molecule has 0 radical (unpaired) electrons. The van der Waals surface area contributed by atoms with Gasteiger partial charge in [-0.05, 0) is 24.6 Å². The zero-order chi connectivity index (χ0) is 9.14. The lowest BCUT2D eigenvalue weighted by Gasteiger charge is -2.13. The fourth-order valence-electron chi connectivity index (χ4n) is 0.969. The quantitative estimate of drug-likeness (QED) is 0.739. The van der Waals surface area contributed by atoms with Crippen molar-refractivity contribution in [2.24, 2.45) is 0 Å². The number of aliphatic hydroxyl groups excluding tert-OH is 2. The van der Waals surface area contributed by atoms with Crippen LogP contribution in [0.2, 0.25) is 5.02 Å². The fraction of sp³-hybridized carbons (Fsp3) is 0.333. The summed E-state index contributed by atoms with van der Waals surface area (Å²) in [5.74, 6) is 0. The van der Waals surface area contributed by atoms with Crippen molar-refractivity contribution in [1.82, 2.24) is 0 Å². The van der Waals surface area contributed by atoms with Gasteiger partial charge < -0.3 is 10.2 Å². The molecule has 0 saturated carbocycles. The lowest BCUT2D eigenvalue weighted by Crippen LogP contribution is -2.13. The van der Waals surface area contributed by atoms with Crippen LogP contribution in [0.15, 0.2) is 24.3 Å². The van der Waals surface area contributed by atoms with Gasteiger partial charge in [-0.2, -0.15) is 0 Å². The standard InChI is InChI=1S/C9H11ClO2/c1-6(11)9(12)7-3-2-4-8(10)5-7/h2-6,9,11-12H,1H3/t6-,9-/m1/s1. The Morgan fingerprint density at radius 2 is 2.00 bits per heavy atom. The highest BCUT2D eigenvalue weighted by molar-refractivity contribution is 6.30. The highest BCUT2D eigenvalue weighted by Crippen LogP contribution is 2.19. The van der Waals surface area contributed by atoms with Crippen LogP contribution in [0.1, 0.15) is 18.6 Å². The summed E-state index contributed by atoms with van der Waals surface area (Å²) in [7, 11) is 0. The van der Waals surface area contributed by atoms with E-state index in [1.165, 1.54) is 6.92 Å². The van der Waals surface area contributed by atoms with Crippen LogP contribution in [0, 0.1) is 0 Å². The van der Waals surface area contributed by atoms with Gasteiger partial charge in [-0.15, -0.1) is 0 Å². The zero-order valence-corrected chi connectivity index (χ0v) is 7.49. The van der Waals surface area contributed by atoms with E-state index in [4.69, 9.17) is 16.7 Å². The van der Waals surface area contributed by atoms with Gasteiger partial charge in [0.15, 0.2) is 0 Å². The second kappa shape index (κ2) is 3.90. The van der Waals surface area contributed by atoms with Gasteiger partial charge in [-0.1, -0.05) is 23.7 Å². The van der Waals surface area contributed by atoms with Gasteiger partial charge in [-0.25, -0.2) is 0 Å². The predicted molar refractivity (Wildman–Crippen MR) is 48.1 cm³/mol. The van der Waals surface area contributed by atoms with Gasteiger partial charge in [0.25, 0.3) is 0 Å². The van der Waals surface area contributed by atoms with Crippen LogP contribution in [0.25, 0.3) is 0 Å². The molecule has 66 valence electrons. The van der Waals surface area contributed by atoms with Crippen LogP contribution >= 0.6 is 11.6 Å². The van der Waals surface area contributed by atoms with E-state index < -0.39 is 12.2 Å². The lowest BCUT2D eigenvalue weighted by atomic mass is 10.1. The molecule has 2 atom stereocenters. The first kappa shape index (κ1) is 9.52. The van der Waals surface area contributed by atoms with Crippen molar-refractivity contribution in [2.45, 2.75) is 19.1 Å². The molecule has 1 rings (SSSR count). The fourth-order valence-corrected chi connectivity index (χ4v) is 1.17. The van der Waals surface area contributed by atoms with Crippen LogP contribution < -0.4 is 0 Å². The van der Waals surface area contributed by atoms with Crippen molar-refractivity contribution in [3.8, 4) is 0 Å². The Bertz CT molecular complexity index is 260. The van der Waals surface area contributed by atoms with E-state index in [1.54, 1.807) is 24.3 Å². The van der Waals surface area contributed by atoms with Crippen molar-refractivity contribution >= 4 is 11.6 Å². The summed E-state index contributed by atoms with van der Waals surface area (Å²) in [6.07, 6.45) is -1.63. The average molecular weight is 187 g/mol. The molecule has 0 unspecified atom stereocenters. The molecule has 0 saturated heterocycles. The second-order valence-electron chi connectivity index (χ2n) is 2.74. The van der Waals surface area contributed by atoms with Gasteiger partial charge in [0.2, 0.25) is 0 Å². The SMILES string of the molecule is C[C@@H](O)[C@@H](O)c1cccc(Cl)c1. The molecule has 0 aliphatic rings. The number of rotatable bonds is 2. The van der Waals surface area contributed by atoms with E-state index in [0.29, 0.717) is 10.6 Å². The van der Waals surface area contributed by atoms with E-state index >= 15 is 0 Å². The first-order valence-electron chi connectivity index (χ1n) is 3.73. The maximum atomic E-state index is 9.41. The molecule has 0 heterocycles. The minimum atomic E-state index is -0.858. The molecular formula is C9H11ClO2. The smallest absolute Gasteiger partial charge is 0.105 e. The highest BCUT2D eigenvalue weighted by Gasteiger charge is 2.12. The molecule has 0 aliphatic carbocycles. The third-order valence-electron chi connectivity index (χ3n) is 1.65. The Kier molecular flexibility index (Phi) is 3.09. The summed E-state index contributed by atoms with van der Waals surface area (Å²) in [5, 5.41) is 19.0. The summed E-state index contributed by atoms with van der Waals surface area (Å²) >= 11 is 5.70. The van der Waals surface area contributed by atoms with E-state index in [-0.39, 0.29) is 0 Å². The molecule has 12 heavy (non-hydrogen) atoms. The maximum absolute atomic E-state index is 9.41. The van der Waals surface area contributed by atoms with Gasteiger partial charge in [0.1, 0.15) is 6.10 Å². The Labute approximate surface area is 76.4 Å². The van der Waals surface area contributed by atoms with Gasteiger partial charge >= 0.3 is 0 Å². The first-order chi connectivity index (χ1) is 5.61. The number of benzene rings is 1. The Balaban J connectivity index is 2.88. The third-order valence-corrected chi connectivity index (χ3v) is 1.88. The molecule has 0 aliphatic heterocycles. The van der Waals surface area contributed by atoms with E-state index in [1.807, 2.05) is 0 Å². The summed E-state index contributed by atoms with van der Waals surface area (Å²) in [6, 6.07) is 6.82.